The van der Waals surface area contributed by atoms with E-state index in [9.17, 15) is 9.59 Å². The van der Waals surface area contributed by atoms with E-state index < -0.39 is 0 Å². The van der Waals surface area contributed by atoms with Crippen molar-refractivity contribution in [1.82, 2.24) is 9.80 Å². The topological polar surface area (TPSA) is 40.6 Å². The van der Waals surface area contributed by atoms with Gasteiger partial charge in [-0.2, -0.15) is 0 Å². The molecule has 0 bridgehead atoms. The molecule has 2 aromatic carbocycles. The Morgan fingerprint density at radius 1 is 0.706 bits per heavy atom. The molecule has 0 aromatic heterocycles. The monoisotopic (exact) mass is 480 g/mol. The molecule has 5 heteroatoms. The summed E-state index contributed by atoms with van der Waals surface area (Å²) in [7, 11) is 0. The van der Waals surface area contributed by atoms with Gasteiger partial charge in [-0.05, 0) is 93.9 Å². The Bertz CT molecular complexity index is 903. The number of carbonyl (C=O) groups excluding carboxylic acids is 2. The number of rotatable bonds is 14. The molecule has 2 aromatic rings. The van der Waals surface area contributed by atoms with Gasteiger partial charge in [-0.1, -0.05) is 51.6 Å². The highest BCUT2D eigenvalue weighted by Gasteiger charge is 2.20. The van der Waals surface area contributed by atoms with E-state index in [0.717, 1.165) is 69.7 Å². The Balaban J connectivity index is 1.62. The number of nitrogens with zero attached hydrogens (tertiary/aromatic N) is 2. The van der Waals surface area contributed by atoms with E-state index >= 15 is 0 Å². The molecule has 0 saturated heterocycles. The van der Waals surface area contributed by atoms with E-state index in [1.807, 2.05) is 12.1 Å². The summed E-state index contributed by atoms with van der Waals surface area (Å²) < 4.78 is 0. The summed E-state index contributed by atoms with van der Waals surface area (Å²) in [4.78, 5) is 32.7. The minimum atomic E-state index is 0.225. The first kappa shape index (κ1) is 26.7. The molecule has 1 aliphatic heterocycles. The van der Waals surface area contributed by atoms with Crippen LogP contribution in [0.1, 0.15) is 85.2 Å². The molecule has 0 atom stereocenters. The lowest BCUT2D eigenvalue weighted by atomic mass is 9.96. The van der Waals surface area contributed by atoms with Gasteiger partial charge in [0.25, 0.3) is 0 Å². The maximum Gasteiger partial charge on any atom is 0.162 e. The van der Waals surface area contributed by atoms with Crippen LogP contribution < -0.4 is 0 Å². The first-order valence-electron chi connectivity index (χ1n) is 12.9. The van der Waals surface area contributed by atoms with E-state index in [0.29, 0.717) is 12.8 Å². The summed E-state index contributed by atoms with van der Waals surface area (Å²) in [6, 6.07) is 12.3. The predicted molar refractivity (Wildman–Crippen MR) is 143 cm³/mol. The van der Waals surface area contributed by atoms with Gasteiger partial charge in [0, 0.05) is 33.8 Å². The Hall–Kier alpha value is -1.95. The van der Waals surface area contributed by atoms with Gasteiger partial charge in [-0.3, -0.25) is 9.59 Å². The highest BCUT2D eigenvalue weighted by atomic mass is 32.2. The van der Waals surface area contributed by atoms with Crippen LogP contribution in [-0.2, 0) is 6.42 Å². The Morgan fingerprint density at radius 3 is 1.50 bits per heavy atom. The van der Waals surface area contributed by atoms with Gasteiger partial charge in [0.05, 0.1) is 0 Å². The lowest BCUT2D eigenvalue weighted by molar-refractivity contribution is 0.0967. The standard InChI is InChI=1S/C29H40N2O2S/c1-5-30(6-2)17-9-11-26(32)22-13-15-28-24(19-22)21-25-20-23(14-16-29(25)34-28)27(33)12-10-18-31(7-3)8-4/h13-16,19-20H,5-12,17-18,21H2,1-4H3. The van der Waals surface area contributed by atoms with E-state index in [1.54, 1.807) is 11.8 Å². The number of carbonyl (C=O) groups is 2. The van der Waals surface area contributed by atoms with E-state index in [1.165, 1.54) is 20.9 Å². The summed E-state index contributed by atoms with van der Waals surface area (Å²) in [5.41, 5.74) is 4.01. The molecule has 0 unspecified atom stereocenters. The summed E-state index contributed by atoms with van der Waals surface area (Å²) in [6.07, 6.45) is 3.75. The van der Waals surface area contributed by atoms with Crippen molar-refractivity contribution in [3.05, 3.63) is 58.7 Å². The first-order chi connectivity index (χ1) is 16.5. The van der Waals surface area contributed by atoms with Crippen LogP contribution in [-0.4, -0.2) is 60.6 Å². The second-order valence-corrected chi connectivity index (χ2v) is 10.1. The van der Waals surface area contributed by atoms with Crippen LogP contribution in [0, 0.1) is 0 Å². The van der Waals surface area contributed by atoms with Gasteiger partial charge in [0.15, 0.2) is 11.6 Å². The fourth-order valence-corrected chi connectivity index (χ4v) is 5.63. The van der Waals surface area contributed by atoms with Crippen molar-refractivity contribution in [1.29, 1.82) is 0 Å². The minimum absolute atomic E-state index is 0.225. The number of ketones is 2. The zero-order chi connectivity index (χ0) is 24.5. The molecular weight excluding hydrogens is 440 g/mol. The molecule has 0 N–H and O–H groups in total. The Labute approximate surface area is 210 Å². The smallest absolute Gasteiger partial charge is 0.162 e. The van der Waals surface area contributed by atoms with Gasteiger partial charge in [-0.25, -0.2) is 0 Å². The zero-order valence-electron chi connectivity index (χ0n) is 21.4. The first-order valence-corrected chi connectivity index (χ1v) is 13.7. The van der Waals surface area contributed by atoms with Gasteiger partial charge in [-0.15, -0.1) is 0 Å². The Kier molecular flexibility index (Phi) is 10.4. The van der Waals surface area contributed by atoms with Gasteiger partial charge < -0.3 is 9.80 Å². The van der Waals surface area contributed by atoms with Crippen LogP contribution in [0.25, 0.3) is 0 Å². The molecule has 0 aliphatic carbocycles. The maximum atomic E-state index is 12.8. The number of fused-ring (bicyclic) bond motifs is 2. The second kappa shape index (κ2) is 13.2. The number of hydrogen-bond donors (Lipinski definition) is 0. The normalized spacial score (nSPS) is 12.6. The molecule has 1 heterocycles. The molecule has 0 saturated carbocycles. The SMILES string of the molecule is CCN(CC)CCCC(=O)c1ccc2c(c1)Cc1cc(C(=O)CCCN(CC)CC)ccc1S2. The van der Waals surface area contributed by atoms with E-state index in [-0.39, 0.29) is 11.6 Å². The third kappa shape index (κ3) is 7.03. The number of benzene rings is 2. The highest BCUT2D eigenvalue weighted by Crippen LogP contribution is 2.40. The molecule has 4 nitrogen and oxygen atoms in total. The van der Waals surface area contributed by atoms with Crippen LogP contribution in [0.15, 0.2) is 46.2 Å². The molecule has 0 spiro atoms. The molecule has 0 amide bonds. The van der Waals surface area contributed by atoms with Gasteiger partial charge in [0.1, 0.15) is 0 Å². The zero-order valence-corrected chi connectivity index (χ0v) is 22.2. The summed E-state index contributed by atoms with van der Waals surface area (Å²) in [6.45, 7) is 14.7. The van der Waals surface area contributed by atoms with Crippen molar-refractivity contribution in [2.24, 2.45) is 0 Å². The summed E-state index contributed by atoms with van der Waals surface area (Å²) >= 11 is 1.74. The van der Waals surface area contributed by atoms with Crippen molar-refractivity contribution in [2.45, 2.75) is 69.6 Å². The fourth-order valence-electron chi connectivity index (χ4n) is 4.60. The average Bonchev–Trinajstić information content (AvgIpc) is 2.87. The van der Waals surface area contributed by atoms with Crippen LogP contribution in [0.4, 0.5) is 0 Å². The van der Waals surface area contributed by atoms with Crippen molar-refractivity contribution in [3.63, 3.8) is 0 Å². The molecule has 34 heavy (non-hydrogen) atoms. The predicted octanol–water partition coefficient (Wildman–Crippen LogP) is 6.35. The Morgan fingerprint density at radius 2 is 1.12 bits per heavy atom. The van der Waals surface area contributed by atoms with Crippen molar-refractivity contribution >= 4 is 23.3 Å². The summed E-state index contributed by atoms with van der Waals surface area (Å²) in [5.74, 6) is 0.450. The molecule has 1 aliphatic rings. The lowest BCUT2D eigenvalue weighted by Gasteiger charge is -2.21. The van der Waals surface area contributed by atoms with Crippen molar-refractivity contribution in [2.75, 3.05) is 39.3 Å². The lowest BCUT2D eigenvalue weighted by Crippen LogP contribution is -2.24. The van der Waals surface area contributed by atoms with Crippen LogP contribution in [0.5, 0.6) is 0 Å². The molecular formula is C29H40N2O2S. The molecule has 3 rings (SSSR count). The minimum Gasteiger partial charge on any atom is -0.304 e. The van der Waals surface area contributed by atoms with Crippen LogP contribution in [0.3, 0.4) is 0 Å². The number of Topliss-reactive ketones (excluding diaryl/α,β-unsaturated/α-hetero) is 2. The second-order valence-electron chi connectivity index (χ2n) is 9.03. The van der Waals surface area contributed by atoms with E-state index in [2.05, 4.69) is 61.8 Å². The molecule has 0 radical (unpaired) electrons. The van der Waals surface area contributed by atoms with Gasteiger partial charge >= 0.3 is 0 Å². The highest BCUT2D eigenvalue weighted by molar-refractivity contribution is 7.99. The molecule has 184 valence electrons. The quantitative estimate of drug-likeness (QED) is 0.251. The largest absolute Gasteiger partial charge is 0.304 e. The van der Waals surface area contributed by atoms with Crippen LogP contribution >= 0.6 is 11.8 Å². The summed E-state index contributed by atoms with van der Waals surface area (Å²) in [5, 5.41) is 0. The average molecular weight is 481 g/mol. The fraction of sp³-hybridized carbons (Fsp3) is 0.517. The third-order valence-electron chi connectivity index (χ3n) is 6.91. The van der Waals surface area contributed by atoms with Crippen molar-refractivity contribution < 1.29 is 9.59 Å². The third-order valence-corrected chi connectivity index (χ3v) is 8.15. The van der Waals surface area contributed by atoms with E-state index in [4.69, 9.17) is 0 Å². The molecule has 0 fully saturated rings. The van der Waals surface area contributed by atoms with Crippen molar-refractivity contribution in [3.8, 4) is 0 Å². The van der Waals surface area contributed by atoms with Crippen LogP contribution in [0.2, 0.25) is 0 Å². The number of hydrogen-bond acceptors (Lipinski definition) is 5. The van der Waals surface area contributed by atoms with Gasteiger partial charge in [0.2, 0.25) is 0 Å². The maximum absolute atomic E-state index is 12.8.